The van der Waals surface area contributed by atoms with Crippen LogP contribution in [-0.4, -0.2) is 30.1 Å². The lowest BCUT2D eigenvalue weighted by Crippen LogP contribution is -2.26. The van der Waals surface area contributed by atoms with Crippen LogP contribution in [-0.2, 0) is 7.05 Å². The van der Waals surface area contributed by atoms with E-state index in [1.807, 2.05) is 20.0 Å². The first-order valence-corrected chi connectivity index (χ1v) is 8.27. The molecule has 1 aromatic carbocycles. The minimum Gasteiger partial charge on any atom is -0.322 e. The second-order valence-corrected chi connectivity index (χ2v) is 6.21. The minimum absolute atomic E-state index is 0.0274. The number of carbonyl (C=O) groups is 1. The van der Waals surface area contributed by atoms with E-state index >= 15 is 0 Å². The van der Waals surface area contributed by atoms with Crippen LogP contribution in [0.15, 0.2) is 59.9 Å². The van der Waals surface area contributed by atoms with E-state index in [0.717, 1.165) is 11.1 Å². The topological polar surface area (TPSA) is 94.2 Å². The zero-order chi connectivity index (χ0) is 19.0. The molecule has 8 heteroatoms. The normalized spacial score (nSPS) is 10.9. The summed E-state index contributed by atoms with van der Waals surface area (Å²) in [6.07, 6.45) is 4.52. The number of aryl methyl sites for hydroxylation is 2. The lowest BCUT2D eigenvalue weighted by molar-refractivity contribution is 0.102. The molecule has 0 aliphatic rings. The summed E-state index contributed by atoms with van der Waals surface area (Å²) in [5, 5.41) is 10.7. The number of aromatic nitrogens is 5. The van der Waals surface area contributed by atoms with Crippen LogP contribution >= 0.6 is 0 Å². The Morgan fingerprint density at radius 3 is 2.81 bits per heavy atom. The van der Waals surface area contributed by atoms with E-state index in [2.05, 4.69) is 20.5 Å². The number of nitrogens with one attached hydrogen (secondary N) is 1. The number of rotatable bonds is 3. The fraction of sp³-hybridized carbons (Fsp3) is 0.105. The van der Waals surface area contributed by atoms with Gasteiger partial charge in [-0.25, -0.2) is 4.98 Å². The summed E-state index contributed by atoms with van der Waals surface area (Å²) in [7, 11) is 1.84. The van der Waals surface area contributed by atoms with Gasteiger partial charge in [0.05, 0.1) is 0 Å². The standard InChI is InChI=1S/C19H16N6O2/c1-12-6-7-25-16(8-12)20-10-15(19(25)27)18(26)22-14-5-3-4-13(9-14)17-23-21-11-24(17)2/h3-11H,1-2H3,(H,22,26). The van der Waals surface area contributed by atoms with E-state index < -0.39 is 11.5 Å². The highest BCUT2D eigenvalue weighted by Crippen LogP contribution is 2.20. The molecule has 1 N–H and O–H groups in total. The Labute approximate surface area is 154 Å². The second kappa shape index (κ2) is 6.49. The minimum atomic E-state index is -0.516. The number of pyridine rings is 1. The van der Waals surface area contributed by atoms with Crippen LogP contribution < -0.4 is 10.9 Å². The number of hydrogen-bond acceptors (Lipinski definition) is 5. The zero-order valence-electron chi connectivity index (χ0n) is 14.7. The van der Waals surface area contributed by atoms with Gasteiger partial charge < -0.3 is 9.88 Å². The molecule has 0 fully saturated rings. The van der Waals surface area contributed by atoms with E-state index in [0.29, 0.717) is 17.2 Å². The largest absolute Gasteiger partial charge is 0.322 e. The molecule has 1 amide bonds. The number of benzene rings is 1. The molecule has 0 unspecified atom stereocenters. The predicted octanol–water partition coefficient (Wildman–Crippen LogP) is 2.05. The van der Waals surface area contributed by atoms with Gasteiger partial charge in [-0.15, -0.1) is 10.2 Å². The van der Waals surface area contributed by atoms with Crippen LogP contribution in [0.2, 0.25) is 0 Å². The van der Waals surface area contributed by atoms with Crippen LogP contribution in [0.3, 0.4) is 0 Å². The molecular weight excluding hydrogens is 344 g/mol. The molecule has 3 heterocycles. The Morgan fingerprint density at radius 1 is 1.19 bits per heavy atom. The molecule has 0 saturated heterocycles. The number of carbonyl (C=O) groups excluding carboxylic acids is 1. The van der Waals surface area contributed by atoms with Crippen LogP contribution in [0.5, 0.6) is 0 Å². The van der Waals surface area contributed by atoms with Crippen molar-refractivity contribution in [3.8, 4) is 11.4 Å². The van der Waals surface area contributed by atoms with Crippen LogP contribution in [0.25, 0.3) is 17.0 Å². The molecule has 0 atom stereocenters. The van der Waals surface area contributed by atoms with Gasteiger partial charge in [0, 0.05) is 30.7 Å². The maximum absolute atomic E-state index is 12.6. The molecule has 134 valence electrons. The summed E-state index contributed by atoms with van der Waals surface area (Å²) < 4.78 is 3.14. The molecule has 27 heavy (non-hydrogen) atoms. The highest BCUT2D eigenvalue weighted by atomic mass is 16.2. The average Bonchev–Trinajstić information content (AvgIpc) is 3.08. The van der Waals surface area contributed by atoms with Gasteiger partial charge in [0.25, 0.3) is 11.5 Å². The fourth-order valence-electron chi connectivity index (χ4n) is 2.81. The van der Waals surface area contributed by atoms with Crippen molar-refractivity contribution in [2.24, 2.45) is 7.05 Å². The third-order valence-corrected chi connectivity index (χ3v) is 4.20. The molecule has 4 aromatic rings. The maximum Gasteiger partial charge on any atom is 0.270 e. The molecule has 0 radical (unpaired) electrons. The van der Waals surface area contributed by atoms with Crippen molar-refractivity contribution < 1.29 is 4.79 Å². The molecule has 4 rings (SSSR count). The number of hydrogen-bond donors (Lipinski definition) is 1. The molecular formula is C19H16N6O2. The highest BCUT2D eigenvalue weighted by Gasteiger charge is 2.14. The molecule has 0 saturated carbocycles. The quantitative estimate of drug-likeness (QED) is 0.603. The molecule has 3 aromatic heterocycles. The first-order valence-electron chi connectivity index (χ1n) is 8.27. The monoisotopic (exact) mass is 360 g/mol. The number of anilines is 1. The number of nitrogens with zero attached hydrogens (tertiary/aromatic N) is 5. The summed E-state index contributed by atoms with van der Waals surface area (Å²) in [5.41, 5.74) is 2.40. The van der Waals surface area contributed by atoms with Crippen LogP contribution in [0.1, 0.15) is 15.9 Å². The third kappa shape index (κ3) is 3.08. The van der Waals surface area contributed by atoms with Gasteiger partial charge in [-0.1, -0.05) is 12.1 Å². The zero-order valence-corrected chi connectivity index (χ0v) is 14.7. The van der Waals surface area contributed by atoms with Gasteiger partial charge in [0.2, 0.25) is 0 Å². The molecule has 0 bridgehead atoms. The van der Waals surface area contributed by atoms with E-state index in [9.17, 15) is 9.59 Å². The van der Waals surface area contributed by atoms with Crippen molar-refractivity contribution in [2.45, 2.75) is 6.92 Å². The Hall–Kier alpha value is -3.81. The van der Waals surface area contributed by atoms with E-state index in [1.54, 1.807) is 47.4 Å². The molecule has 0 spiro atoms. The van der Waals surface area contributed by atoms with Crippen molar-refractivity contribution in [3.05, 3.63) is 76.6 Å². The summed E-state index contributed by atoms with van der Waals surface area (Å²) in [6.45, 7) is 1.91. The van der Waals surface area contributed by atoms with Gasteiger partial charge in [-0.3, -0.25) is 14.0 Å². The van der Waals surface area contributed by atoms with Crippen molar-refractivity contribution in [1.82, 2.24) is 24.1 Å². The molecule has 0 aliphatic carbocycles. The first-order chi connectivity index (χ1) is 13.0. The van der Waals surface area contributed by atoms with Crippen molar-refractivity contribution >= 4 is 17.2 Å². The first kappa shape index (κ1) is 16.6. The van der Waals surface area contributed by atoms with Crippen LogP contribution in [0.4, 0.5) is 5.69 Å². The van der Waals surface area contributed by atoms with Gasteiger partial charge in [-0.05, 0) is 36.8 Å². The van der Waals surface area contributed by atoms with Crippen molar-refractivity contribution in [2.75, 3.05) is 5.32 Å². The summed E-state index contributed by atoms with van der Waals surface area (Å²) >= 11 is 0. The maximum atomic E-state index is 12.6. The van der Waals surface area contributed by atoms with Crippen molar-refractivity contribution in [1.29, 1.82) is 0 Å². The molecule has 8 nitrogen and oxygen atoms in total. The Balaban J connectivity index is 1.66. The molecule has 0 aliphatic heterocycles. The van der Waals surface area contributed by atoms with Crippen LogP contribution in [0, 0.1) is 6.92 Å². The van der Waals surface area contributed by atoms with Gasteiger partial charge in [0.15, 0.2) is 5.82 Å². The lowest BCUT2D eigenvalue weighted by Gasteiger charge is -2.08. The van der Waals surface area contributed by atoms with E-state index in [-0.39, 0.29) is 5.56 Å². The second-order valence-electron chi connectivity index (χ2n) is 6.21. The Morgan fingerprint density at radius 2 is 2.04 bits per heavy atom. The summed E-state index contributed by atoms with van der Waals surface area (Å²) in [5.74, 6) is 0.159. The lowest BCUT2D eigenvalue weighted by atomic mass is 10.2. The number of fused-ring (bicyclic) bond motifs is 1. The summed E-state index contributed by atoms with van der Waals surface area (Å²) in [4.78, 5) is 29.4. The predicted molar refractivity (Wildman–Crippen MR) is 101 cm³/mol. The van der Waals surface area contributed by atoms with Crippen molar-refractivity contribution in [3.63, 3.8) is 0 Å². The Bertz CT molecular complexity index is 1220. The smallest absolute Gasteiger partial charge is 0.270 e. The van der Waals surface area contributed by atoms with Gasteiger partial charge in [0.1, 0.15) is 17.5 Å². The Kier molecular flexibility index (Phi) is 4.00. The number of amides is 1. The third-order valence-electron chi connectivity index (χ3n) is 4.20. The SMILES string of the molecule is Cc1ccn2c(=O)c(C(=O)Nc3cccc(-c4nncn4C)c3)cnc2c1. The highest BCUT2D eigenvalue weighted by molar-refractivity contribution is 6.04. The van der Waals surface area contributed by atoms with E-state index in [1.165, 1.54) is 10.6 Å². The summed E-state index contributed by atoms with van der Waals surface area (Å²) in [6, 6.07) is 10.8. The van der Waals surface area contributed by atoms with E-state index in [4.69, 9.17) is 0 Å². The fourth-order valence-corrected chi connectivity index (χ4v) is 2.81. The van der Waals surface area contributed by atoms with Gasteiger partial charge in [-0.2, -0.15) is 0 Å². The van der Waals surface area contributed by atoms with Gasteiger partial charge >= 0.3 is 0 Å². The average molecular weight is 360 g/mol.